The molecule has 0 fully saturated rings. The molecular formula is C20H30O5. The van der Waals surface area contributed by atoms with Crippen LogP contribution in [0.25, 0.3) is 0 Å². The van der Waals surface area contributed by atoms with Crippen LogP contribution in [0.15, 0.2) is 37.8 Å². The molecule has 0 saturated carbocycles. The second-order valence-corrected chi connectivity index (χ2v) is 6.53. The van der Waals surface area contributed by atoms with Crippen LogP contribution >= 0.6 is 0 Å². The molecule has 0 spiro atoms. The SMILES string of the molecule is C=COCCOC=C.Cc1cc(CCC(=O)O)cc(C(C)(C)C)c1O. The maximum Gasteiger partial charge on any atom is 0.303 e. The fourth-order valence-electron chi connectivity index (χ4n) is 2.08. The molecular weight excluding hydrogens is 320 g/mol. The van der Waals surface area contributed by atoms with Gasteiger partial charge in [-0.05, 0) is 35.4 Å². The number of ether oxygens (including phenoxy) is 2. The van der Waals surface area contributed by atoms with Crippen LogP contribution in [0.5, 0.6) is 5.75 Å². The molecule has 0 atom stereocenters. The van der Waals surface area contributed by atoms with E-state index in [1.54, 1.807) is 0 Å². The van der Waals surface area contributed by atoms with E-state index < -0.39 is 5.97 Å². The summed E-state index contributed by atoms with van der Waals surface area (Å²) in [5.74, 6) is -0.482. The molecule has 0 aromatic heterocycles. The van der Waals surface area contributed by atoms with E-state index in [0.29, 0.717) is 25.4 Å². The lowest BCUT2D eigenvalue weighted by Crippen LogP contribution is -2.12. The van der Waals surface area contributed by atoms with E-state index in [1.165, 1.54) is 12.5 Å². The molecule has 1 aromatic rings. The van der Waals surface area contributed by atoms with Crippen LogP contribution in [0.1, 0.15) is 43.9 Å². The van der Waals surface area contributed by atoms with Gasteiger partial charge in [0.15, 0.2) is 0 Å². The summed E-state index contributed by atoms with van der Waals surface area (Å²) in [6, 6.07) is 3.76. The third kappa shape index (κ3) is 9.45. The van der Waals surface area contributed by atoms with Crippen molar-refractivity contribution in [2.24, 2.45) is 0 Å². The summed E-state index contributed by atoms with van der Waals surface area (Å²) < 4.78 is 9.45. The molecule has 5 heteroatoms. The predicted molar refractivity (Wildman–Crippen MR) is 99.8 cm³/mol. The quantitative estimate of drug-likeness (QED) is 0.539. The molecule has 0 heterocycles. The first-order valence-corrected chi connectivity index (χ1v) is 8.13. The monoisotopic (exact) mass is 350 g/mol. The summed E-state index contributed by atoms with van der Waals surface area (Å²) >= 11 is 0. The zero-order chi connectivity index (χ0) is 19.5. The second-order valence-electron chi connectivity index (χ2n) is 6.53. The number of hydrogen-bond donors (Lipinski definition) is 2. The summed E-state index contributed by atoms with van der Waals surface area (Å²) in [6.45, 7) is 15.7. The van der Waals surface area contributed by atoms with Gasteiger partial charge in [0.1, 0.15) is 19.0 Å². The maximum atomic E-state index is 10.6. The Balaban J connectivity index is 0.000000609. The Kier molecular flexibility index (Phi) is 10.1. The largest absolute Gasteiger partial charge is 0.507 e. The van der Waals surface area contributed by atoms with Crippen LogP contribution in [-0.4, -0.2) is 29.4 Å². The standard InChI is InChI=1S/C14H20O3.C6H10O2/c1-9-7-10(5-6-12(15)16)8-11(13(9)17)14(2,3)4;1-3-7-5-6-8-4-2/h7-8,17H,5-6H2,1-4H3,(H,15,16);3-4H,1-2,5-6H2. The topological polar surface area (TPSA) is 76.0 Å². The fraction of sp³-hybridized carbons (Fsp3) is 0.450. The van der Waals surface area contributed by atoms with Crippen molar-refractivity contribution in [1.29, 1.82) is 0 Å². The predicted octanol–water partition coefficient (Wildman–Crippen LogP) is 4.32. The Bertz CT molecular complexity index is 560. The highest BCUT2D eigenvalue weighted by Gasteiger charge is 2.20. The number of carbonyl (C=O) groups is 1. The Morgan fingerprint density at radius 2 is 1.68 bits per heavy atom. The molecule has 0 bridgehead atoms. The van der Waals surface area contributed by atoms with Gasteiger partial charge in [0.25, 0.3) is 0 Å². The minimum atomic E-state index is -0.798. The molecule has 0 radical (unpaired) electrons. The van der Waals surface area contributed by atoms with Crippen molar-refractivity contribution in [3.63, 3.8) is 0 Å². The molecule has 0 aliphatic carbocycles. The number of phenols is 1. The van der Waals surface area contributed by atoms with Crippen LogP contribution in [0.2, 0.25) is 0 Å². The summed E-state index contributed by atoms with van der Waals surface area (Å²) in [5, 5.41) is 18.7. The van der Waals surface area contributed by atoms with Crippen LogP contribution in [0, 0.1) is 6.92 Å². The summed E-state index contributed by atoms with van der Waals surface area (Å²) in [5.41, 5.74) is 2.50. The van der Waals surface area contributed by atoms with Gasteiger partial charge < -0.3 is 19.7 Å². The lowest BCUT2D eigenvalue weighted by molar-refractivity contribution is -0.136. The average Bonchev–Trinajstić information content (AvgIpc) is 2.52. The van der Waals surface area contributed by atoms with E-state index in [2.05, 4.69) is 13.2 Å². The lowest BCUT2D eigenvalue weighted by Gasteiger charge is -2.22. The van der Waals surface area contributed by atoms with Gasteiger partial charge in [0.05, 0.1) is 12.5 Å². The minimum Gasteiger partial charge on any atom is -0.507 e. The average molecular weight is 350 g/mol. The lowest BCUT2D eigenvalue weighted by atomic mass is 9.83. The molecule has 1 rings (SSSR count). The number of benzene rings is 1. The summed E-state index contributed by atoms with van der Waals surface area (Å²) in [4.78, 5) is 10.6. The van der Waals surface area contributed by atoms with Crippen LogP contribution in [0.3, 0.4) is 0 Å². The van der Waals surface area contributed by atoms with Crippen LogP contribution < -0.4 is 0 Å². The fourth-order valence-corrected chi connectivity index (χ4v) is 2.08. The molecule has 25 heavy (non-hydrogen) atoms. The highest BCUT2D eigenvalue weighted by atomic mass is 16.5. The number of carboxylic acids is 1. The number of aliphatic carboxylic acids is 1. The maximum absolute atomic E-state index is 10.6. The molecule has 1 aromatic carbocycles. The Hall–Kier alpha value is -2.43. The number of carboxylic acid groups (broad SMARTS) is 1. The molecule has 0 aliphatic rings. The van der Waals surface area contributed by atoms with E-state index in [-0.39, 0.29) is 11.8 Å². The highest BCUT2D eigenvalue weighted by molar-refractivity contribution is 5.67. The smallest absolute Gasteiger partial charge is 0.303 e. The Morgan fingerprint density at radius 1 is 1.16 bits per heavy atom. The normalized spacial score (nSPS) is 10.2. The van der Waals surface area contributed by atoms with Gasteiger partial charge >= 0.3 is 5.97 Å². The Labute approximate surface area is 150 Å². The van der Waals surface area contributed by atoms with E-state index in [0.717, 1.165) is 16.7 Å². The number of aryl methyl sites for hydroxylation is 2. The van der Waals surface area contributed by atoms with Gasteiger partial charge in [0, 0.05) is 6.42 Å². The van der Waals surface area contributed by atoms with Gasteiger partial charge in [-0.25, -0.2) is 0 Å². The van der Waals surface area contributed by atoms with Crippen molar-refractivity contribution in [3.05, 3.63) is 54.5 Å². The summed E-state index contributed by atoms with van der Waals surface area (Å²) in [7, 11) is 0. The third-order valence-corrected chi connectivity index (χ3v) is 3.35. The van der Waals surface area contributed by atoms with E-state index in [9.17, 15) is 9.90 Å². The van der Waals surface area contributed by atoms with E-state index >= 15 is 0 Å². The van der Waals surface area contributed by atoms with Crippen molar-refractivity contribution in [3.8, 4) is 5.75 Å². The van der Waals surface area contributed by atoms with Crippen molar-refractivity contribution < 1.29 is 24.5 Å². The number of rotatable bonds is 8. The molecule has 2 N–H and O–H groups in total. The zero-order valence-corrected chi connectivity index (χ0v) is 15.7. The first-order chi connectivity index (χ1) is 11.6. The first kappa shape index (κ1) is 22.6. The van der Waals surface area contributed by atoms with Gasteiger partial charge in [-0.1, -0.05) is 46.1 Å². The first-order valence-electron chi connectivity index (χ1n) is 8.13. The van der Waals surface area contributed by atoms with Gasteiger partial charge in [-0.15, -0.1) is 0 Å². The van der Waals surface area contributed by atoms with E-state index in [1.807, 2.05) is 39.8 Å². The Morgan fingerprint density at radius 3 is 2.08 bits per heavy atom. The molecule has 0 amide bonds. The molecule has 0 saturated heterocycles. The van der Waals surface area contributed by atoms with Crippen LogP contribution in [0.4, 0.5) is 0 Å². The number of phenolic OH excluding ortho intramolecular Hbond substituents is 1. The van der Waals surface area contributed by atoms with Crippen molar-refractivity contribution in [2.45, 2.75) is 46.0 Å². The van der Waals surface area contributed by atoms with E-state index in [4.69, 9.17) is 14.6 Å². The zero-order valence-electron chi connectivity index (χ0n) is 15.7. The van der Waals surface area contributed by atoms with Gasteiger partial charge in [0.2, 0.25) is 0 Å². The van der Waals surface area contributed by atoms with Crippen LogP contribution in [-0.2, 0) is 26.1 Å². The van der Waals surface area contributed by atoms with Crippen molar-refractivity contribution in [1.82, 2.24) is 0 Å². The van der Waals surface area contributed by atoms with Gasteiger partial charge in [-0.2, -0.15) is 0 Å². The number of hydrogen-bond acceptors (Lipinski definition) is 4. The summed E-state index contributed by atoms with van der Waals surface area (Å²) in [6.07, 6.45) is 3.38. The molecule has 0 unspecified atom stereocenters. The van der Waals surface area contributed by atoms with Crippen molar-refractivity contribution >= 4 is 5.97 Å². The second kappa shape index (κ2) is 11.2. The van der Waals surface area contributed by atoms with Gasteiger partial charge in [-0.3, -0.25) is 4.79 Å². The molecule has 0 aliphatic heterocycles. The minimum absolute atomic E-state index is 0.119. The van der Waals surface area contributed by atoms with Crippen molar-refractivity contribution in [2.75, 3.05) is 13.2 Å². The third-order valence-electron chi connectivity index (χ3n) is 3.35. The molecule has 140 valence electrons. The molecule has 5 nitrogen and oxygen atoms in total. The number of aromatic hydroxyl groups is 1. The highest BCUT2D eigenvalue weighted by Crippen LogP contribution is 2.34.